The molecular weight excluding hydrogens is 178 g/mol. The van der Waals surface area contributed by atoms with Gasteiger partial charge in [0.2, 0.25) is 0 Å². The molecule has 2 aromatic rings. The molecule has 0 radical (unpaired) electrons. The van der Waals surface area contributed by atoms with Gasteiger partial charge < -0.3 is 5.73 Å². The summed E-state index contributed by atoms with van der Waals surface area (Å²) in [5, 5.41) is 0. The van der Waals surface area contributed by atoms with E-state index < -0.39 is 0 Å². The molecule has 0 aliphatic rings. The van der Waals surface area contributed by atoms with E-state index in [2.05, 4.69) is 4.98 Å². The van der Waals surface area contributed by atoms with E-state index in [0.717, 1.165) is 0 Å². The minimum absolute atomic E-state index is 0.141. The van der Waals surface area contributed by atoms with Gasteiger partial charge in [-0.3, -0.25) is 9.36 Å². The van der Waals surface area contributed by atoms with Crippen LogP contribution < -0.4 is 11.3 Å². The summed E-state index contributed by atoms with van der Waals surface area (Å²) in [5.41, 5.74) is 6.05. The Labute approximate surface area is 80.6 Å². The number of hydrogen-bond acceptors (Lipinski definition) is 3. The van der Waals surface area contributed by atoms with E-state index in [1.807, 2.05) is 0 Å². The van der Waals surface area contributed by atoms with Gasteiger partial charge in [0, 0.05) is 18.5 Å². The Hall–Kier alpha value is -2.10. The maximum absolute atomic E-state index is 11.4. The number of anilines is 1. The number of nitrogens with zero attached hydrogens (tertiary/aromatic N) is 2. The summed E-state index contributed by atoms with van der Waals surface area (Å²) >= 11 is 0. The monoisotopic (exact) mass is 187 g/mol. The lowest BCUT2D eigenvalue weighted by Gasteiger charge is -2.05. The SMILES string of the molecule is Nc1cccnc1-n1ccccc1=O. The van der Waals surface area contributed by atoms with Gasteiger partial charge in [0.15, 0.2) is 5.82 Å². The highest BCUT2D eigenvalue weighted by Crippen LogP contribution is 2.09. The molecule has 2 N–H and O–H groups in total. The lowest BCUT2D eigenvalue weighted by atomic mass is 10.4. The molecule has 0 fully saturated rings. The number of aromatic nitrogens is 2. The number of nitrogen functional groups attached to an aromatic ring is 1. The molecule has 0 saturated heterocycles. The topological polar surface area (TPSA) is 60.9 Å². The number of hydrogen-bond donors (Lipinski definition) is 1. The third kappa shape index (κ3) is 1.37. The van der Waals surface area contributed by atoms with Crippen molar-refractivity contribution in [3.63, 3.8) is 0 Å². The largest absolute Gasteiger partial charge is 0.396 e. The van der Waals surface area contributed by atoms with Crippen LogP contribution in [-0.4, -0.2) is 9.55 Å². The van der Waals surface area contributed by atoms with Crippen LogP contribution in [0.15, 0.2) is 47.5 Å². The molecule has 0 unspecified atom stereocenters. The van der Waals surface area contributed by atoms with Gasteiger partial charge >= 0.3 is 0 Å². The zero-order chi connectivity index (χ0) is 9.97. The molecular formula is C10H9N3O. The first-order valence-electron chi connectivity index (χ1n) is 4.17. The molecule has 0 amide bonds. The molecule has 0 aromatic carbocycles. The van der Waals surface area contributed by atoms with E-state index in [9.17, 15) is 4.79 Å². The second-order valence-electron chi connectivity index (χ2n) is 2.83. The first-order valence-corrected chi connectivity index (χ1v) is 4.17. The normalized spacial score (nSPS) is 10.0. The second kappa shape index (κ2) is 3.33. The minimum Gasteiger partial charge on any atom is -0.396 e. The molecule has 0 saturated carbocycles. The number of pyridine rings is 2. The lowest BCUT2D eigenvalue weighted by molar-refractivity contribution is 0.945. The molecule has 0 aliphatic heterocycles. The van der Waals surface area contributed by atoms with Crippen molar-refractivity contribution < 1.29 is 0 Å². The van der Waals surface area contributed by atoms with Crippen LogP contribution in [0.2, 0.25) is 0 Å². The fraction of sp³-hybridized carbons (Fsp3) is 0. The predicted octanol–water partition coefficient (Wildman–Crippen LogP) is 0.815. The fourth-order valence-electron chi connectivity index (χ4n) is 1.21. The Morgan fingerprint density at radius 3 is 2.79 bits per heavy atom. The summed E-state index contributed by atoms with van der Waals surface area (Å²) in [4.78, 5) is 15.5. The Morgan fingerprint density at radius 2 is 2.07 bits per heavy atom. The molecule has 14 heavy (non-hydrogen) atoms. The van der Waals surface area contributed by atoms with Crippen LogP contribution in [0.5, 0.6) is 0 Å². The van der Waals surface area contributed by atoms with Gasteiger partial charge in [-0.15, -0.1) is 0 Å². The van der Waals surface area contributed by atoms with Gasteiger partial charge in [0.1, 0.15) is 0 Å². The van der Waals surface area contributed by atoms with Crippen molar-refractivity contribution in [1.29, 1.82) is 0 Å². The predicted molar refractivity (Wildman–Crippen MR) is 54.2 cm³/mol. The summed E-state index contributed by atoms with van der Waals surface area (Å²) in [6.45, 7) is 0. The van der Waals surface area contributed by atoms with Crippen molar-refractivity contribution in [2.75, 3.05) is 5.73 Å². The molecule has 4 heteroatoms. The Bertz CT molecular complexity index is 504. The second-order valence-corrected chi connectivity index (χ2v) is 2.83. The van der Waals surface area contributed by atoms with Crippen molar-refractivity contribution >= 4 is 5.69 Å². The zero-order valence-electron chi connectivity index (χ0n) is 7.42. The van der Waals surface area contributed by atoms with Crippen LogP contribution in [0.3, 0.4) is 0 Å². The van der Waals surface area contributed by atoms with Crippen molar-refractivity contribution in [2.24, 2.45) is 0 Å². The van der Waals surface area contributed by atoms with E-state index >= 15 is 0 Å². The molecule has 0 spiro atoms. The van der Waals surface area contributed by atoms with Crippen LogP contribution in [0.1, 0.15) is 0 Å². The summed E-state index contributed by atoms with van der Waals surface area (Å²) < 4.78 is 1.41. The van der Waals surface area contributed by atoms with Crippen molar-refractivity contribution in [3.8, 4) is 5.82 Å². The van der Waals surface area contributed by atoms with Gasteiger partial charge in [0.05, 0.1) is 5.69 Å². The van der Waals surface area contributed by atoms with Gasteiger partial charge in [-0.05, 0) is 18.2 Å². The van der Waals surface area contributed by atoms with Crippen LogP contribution >= 0.6 is 0 Å². The van der Waals surface area contributed by atoms with E-state index in [4.69, 9.17) is 5.73 Å². The minimum atomic E-state index is -0.141. The lowest BCUT2D eigenvalue weighted by Crippen LogP contribution is -2.17. The van der Waals surface area contributed by atoms with Crippen LogP contribution in [0, 0.1) is 0 Å². The highest BCUT2D eigenvalue weighted by molar-refractivity contribution is 5.52. The Balaban J connectivity index is 2.67. The summed E-state index contributed by atoms with van der Waals surface area (Å²) in [6, 6.07) is 8.34. The van der Waals surface area contributed by atoms with Crippen LogP contribution in [-0.2, 0) is 0 Å². The van der Waals surface area contributed by atoms with Crippen molar-refractivity contribution in [2.45, 2.75) is 0 Å². The first-order chi connectivity index (χ1) is 6.79. The molecule has 2 aromatic heterocycles. The molecule has 4 nitrogen and oxygen atoms in total. The number of rotatable bonds is 1. The van der Waals surface area contributed by atoms with Gasteiger partial charge in [-0.25, -0.2) is 4.98 Å². The third-order valence-electron chi connectivity index (χ3n) is 1.87. The zero-order valence-corrected chi connectivity index (χ0v) is 7.42. The van der Waals surface area contributed by atoms with E-state index in [1.54, 1.807) is 36.7 Å². The molecule has 70 valence electrons. The third-order valence-corrected chi connectivity index (χ3v) is 1.87. The standard InChI is InChI=1S/C10H9N3O/c11-8-4-3-6-12-10(8)13-7-2-1-5-9(13)14/h1-7H,11H2. The average Bonchev–Trinajstić information content (AvgIpc) is 2.20. The van der Waals surface area contributed by atoms with E-state index in [1.165, 1.54) is 10.6 Å². The molecule has 0 atom stereocenters. The van der Waals surface area contributed by atoms with E-state index in [0.29, 0.717) is 11.5 Å². The maximum Gasteiger partial charge on any atom is 0.256 e. The van der Waals surface area contributed by atoms with Crippen molar-refractivity contribution in [3.05, 3.63) is 53.1 Å². The molecule has 2 heterocycles. The maximum atomic E-state index is 11.4. The number of nitrogens with two attached hydrogens (primary N) is 1. The average molecular weight is 187 g/mol. The summed E-state index contributed by atoms with van der Waals surface area (Å²) in [5.74, 6) is 0.470. The van der Waals surface area contributed by atoms with Gasteiger partial charge in [0.25, 0.3) is 5.56 Å². The summed E-state index contributed by atoms with van der Waals surface area (Å²) in [6.07, 6.45) is 3.24. The Kier molecular flexibility index (Phi) is 2.02. The molecule has 0 aliphatic carbocycles. The summed E-state index contributed by atoms with van der Waals surface area (Å²) in [7, 11) is 0. The van der Waals surface area contributed by atoms with Gasteiger partial charge in [-0.1, -0.05) is 6.07 Å². The highest BCUT2D eigenvalue weighted by Gasteiger charge is 2.02. The quantitative estimate of drug-likeness (QED) is 0.718. The van der Waals surface area contributed by atoms with E-state index in [-0.39, 0.29) is 5.56 Å². The Morgan fingerprint density at radius 1 is 1.21 bits per heavy atom. The van der Waals surface area contributed by atoms with Crippen LogP contribution in [0.4, 0.5) is 5.69 Å². The molecule has 0 bridgehead atoms. The fourth-order valence-corrected chi connectivity index (χ4v) is 1.21. The highest BCUT2D eigenvalue weighted by atomic mass is 16.1. The molecule has 2 rings (SSSR count). The van der Waals surface area contributed by atoms with Crippen LogP contribution in [0.25, 0.3) is 5.82 Å². The smallest absolute Gasteiger partial charge is 0.256 e. The first kappa shape index (κ1) is 8.50. The van der Waals surface area contributed by atoms with Crippen molar-refractivity contribution in [1.82, 2.24) is 9.55 Å². The van der Waals surface area contributed by atoms with Gasteiger partial charge in [-0.2, -0.15) is 0 Å².